The molecule has 1 aromatic heterocycles. The summed E-state index contributed by atoms with van der Waals surface area (Å²) in [4.78, 5) is 14.7. The van der Waals surface area contributed by atoms with E-state index in [4.69, 9.17) is 11.6 Å². The Kier molecular flexibility index (Phi) is 3.66. The van der Waals surface area contributed by atoms with Crippen LogP contribution in [-0.4, -0.2) is 16.5 Å². The Morgan fingerprint density at radius 1 is 1.53 bits per heavy atom. The van der Waals surface area contributed by atoms with Crippen LogP contribution in [0.25, 0.3) is 10.9 Å². The van der Waals surface area contributed by atoms with Crippen LogP contribution in [0, 0.1) is 17.0 Å². The number of nitro benzene ring substituents is 1. The number of benzene rings is 1. The molecule has 0 fully saturated rings. The van der Waals surface area contributed by atoms with Crippen LogP contribution in [0.15, 0.2) is 35.9 Å². The first-order valence-corrected chi connectivity index (χ1v) is 5.98. The van der Waals surface area contributed by atoms with Gasteiger partial charge in [-0.2, -0.15) is 0 Å². The van der Waals surface area contributed by atoms with Gasteiger partial charge in [0.05, 0.1) is 17.0 Å². The van der Waals surface area contributed by atoms with Gasteiger partial charge < -0.3 is 5.32 Å². The van der Waals surface area contributed by atoms with Crippen molar-refractivity contribution in [2.45, 2.75) is 6.92 Å². The smallest absolute Gasteiger partial charge is 0.270 e. The molecule has 0 unspecified atom stereocenters. The molecule has 0 bridgehead atoms. The van der Waals surface area contributed by atoms with E-state index in [2.05, 4.69) is 16.9 Å². The number of halogens is 1. The molecule has 98 valence electrons. The molecule has 2 rings (SSSR count). The topological polar surface area (TPSA) is 68.1 Å². The zero-order chi connectivity index (χ0) is 14.0. The first kappa shape index (κ1) is 13.3. The minimum absolute atomic E-state index is 0.0332. The maximum absolute atomic E-state index is 10.8. The van der Waals surface area contributed by atoms with Gasteiger partial charge in [-0.05, 0) is 19.1 Å². The molecule has 0 radical (unpaired) electrons. The maximum atomic E-state index is 10.8. The normalized spacial score (nSPS) is 10.4. The molecule has 1 aromatic carbocycles. The number of nitro groups is 1. The predicted molar refractivity (Wildman–Crippen MR) is 76.6 cm³/mol. The molecule has 0 aliphatic carbocycles. The number of pyridine rings is 1. The number of non-ortho nitro benzene ring substituents is 1. The fourth-order valence-corrected chi connectivity index (χ4v) is 1.86. The second-order valence-electron chi connectivity index (χ2n) is 4.14. The van der Waals surface area contributed by atoms with Crippen LogP contribution in [0.4, 0.5) is 11.4 Å². The zero-order valence-corrected chi connectivity index (χ0v) is 11.1. The van der Waals surface area contributed by atoms with Crippen molar-refractivity contribution in [3.8, 4) is 0 Å². The summed E-state index contributed by atoms with van der Waals surface area (Å²) in [6.07, 6.45) is 0. The van der Waals surface area contributed by atoms with Gasteiger partial charge in [0.15, 0.2) is 0 Å². The van der Waals surface area contributed by atoms with Crippen LogP contribution < -0.4 is 5.32 Å². The summed E-state index contributed by atoms with van der Waals surface area (Å²) in [5.41, 5.74) is 2.32. The van der Waals surface area contributed by atoms with Gasteiger partial charge in [-0.3, -0.25) is 15.1 Å². The van der Waals surface area contributed by atoms with E-state index in [0.717, 1.165) is 11.4 Å². The highest BCUT2D eigenvalue weighted by atomic mass is 35.5. The first-order valence-electron chi connectivity index (χ1n) is 5.60. The third-order valence-corrected chi connectivity index (χ3v) is 2.74. The molecule has 1 N–H and O–H groups in total. The minimum Gasteiger partial charge on any atom is -0.379 e. The fourth-order valence-electron chi connectivity index (χ4n) is 1.80. The summed E-state index contributed by atoms with van der Waals surface area (Å²) in [5, 5.41) is 15.1. The molecule has 0 amide bonds. The summed E-state index contributed by atoms with van der Waals surface area (Å²) in [6, 6.07) is 6.41. The van der Waals surface area contributed by atoms with Crippen LogP contribution in [-0.2, 0) is 0 Å². The van der Waals surface area contributed by atoms with Crippen LogP contribution in [0.3, 0.4) is 0 Å². The van der Waals surface area contributed by atoms with Crippen LogP contribution >= 0.6 is 11.6 Å². The number of hydrogen-bond acceptors (Lipinski definition) is 4. The van der Waals surface area contributed by atoms with Crippen molar-refractivity contribution < 1.29 is 4.92 Å². The van der Waals surface area contributed by atoms with Gasteiger partial charge in [-0.25, -0.2) is 0 Å². The monoisotopic (exact) mass is 277 g/mol. The van der Waals surface area contributed by atoms with Gasteiger partial charge in [0.25, 0.3) is 5.69 Å². The third kappa shape index (κ3) is 3.00. The van der Waals surface area contributed by atoms with Gasteiger partial charge >= 0.3 is 0 Å². The predicted octanol–water partition coefficient (Wildman–Crippen LogP) is 3.62. The van der Waals surface area contributed by atoms with E-state index >= 15 is 0 Å². The molecular formula is C13H12ClN3O2. The molecular weight excluding hydrogens is 266 g/mol. The maximum Gasteiger partial charge on any atom is 0.270 e. The number of anilines is 1. The lowest BCUT2D eigenvalue weighted by Gasteiger charge is -2.10. The van der Waals surface area contributed by atoms with Gasteiger partial charge in [-0.15, -0.1) is 0 Å². The van der Waals surface area contributed by atoms with E-state index in [1.54, 1.807) is 6.07 Å². The Bertz CT molecular complexity index is 670. The molecule has 0 saturated carbocycles. The Balaban J connectivity index is 2.55. The highest BCUT2D eigenvalue weighted by Gasteiger charge is 2.10. The number of rotatable bonds is 4. The van der Waals surface area contributed by atoms with E-state index in [1.165, 1.54) is 12.1 Å². The number of fused-ring (bicyclic) bond motifs is 1. The number of nitrogens with one attached hydrogen (secondary N) is 1. The Morgan fingerprint density at radius 3 is 2.89 bits per heavy atom. The first-order chi connectivity index (χ1) is 8.97. The minimum atomic E-state index is -0.427. The standard InChI is InChI=1S/C13H12ClN3O2/c1-8(14)7-15-13-5-9(2)16-12-4-3-10(17(18)19)6-11(12)13/h3-6H,1,7H2,2H3,(H,15,16). The van der Waals surface area contributed by atoms with Gasteiger partial charge in [0.1, 0.15) is 0 Å². The Labute approximate surface area is 115 Å². The molecule has 1 heterocycles. The summed E-state index contributed by atoms with van der Waals surface area (Å²) >= 11 is 5.72. The van der Waals surface area contributed by atoms with Crippen molar-refractivity contribution >= 4 is 33.9 Å². The van der Waals surface area contributed by atoms with E-state index < -0.39 is 4.92 Å². The zero-order valence-electron chi connectivity index (χ0n) is 10.3. The Hall–Kier alpha value is -2.14. The molecule has 5 nitrogen and oxygen atoms in total. The van der Waals surface area contributed by atoms with Crippen LogP contribution in [0.1, 0.15) is 5.69 Å². The lowest BCUT2D eigenvalue weighted by Crippen LogP contribution is -2.03. The molecule has 0 aliphatic rings. The molecule has 19 heavy (non-hydrogen) atoms. The van der Waals surface area contributed by atoms with Crippen molar-refractivity contribution in [1.29, 1.82) is 0 Å². The highest BCUT2D eigenvalue weighted by Crippen LogP contribution is 2.27. The largest absolute Gasteiger partial charge is 0.379 e. The van der Waals surface area contributed by atoms with Crippen LogP contribution in [0.5, 0.6) is 0 Å². The number of hydrogen-bond donors (Lipinski definition) is 1. The molecule has 6 heteroatoms. The summed E-state index contributed by atoms with van der Waals surface area (Å²) < 4.78 is 0. The van der Waals surface area contributed by atoms with Crippen molar-refractivity contribution in [2.75, 3.05) is 11.9 Å². The third-order valence-electron chi connectivity index (χ3n) is 2.60. The number of aryl methyl sites for hydroxylation is 1. The summed E-state index contributed by atoms with van der Waals surface area (Å²) in [5.74, 6) is 0. The van der Waals surface area contributed by atoms with Gasteiger partial charge in [0.2, 0.25) is 0 Å². The van der Waals surface area contributed by atoms with Crippen molar-refractivity contribution in [2.24, 2.45) is 0 Å². The van der Waals surface area contributed by atoms with E-state index in [9.17, 15) is 10.1 Å². The van der Waals surface area contributed by atoms with Gasteiger partial charge in [0, 0.05) is 33.9 Å². The van der Waals surface area contributed by atoms with E-state index in [1.807, 2.05) is 13.0 Å². The molecule has 0 atom stereocenters. The molecule has 0 aliphatic heterocycles. The fraction of sp³-hybridized carbons (Fsp3) is 0.154. The summed E-state index contributed by atoms with van der Waals surface area (Å²) in [7, 11) is 0. The Morgan fingerprint density at radius 2 is 2.26 bits per heavy atom. The lowest BCUT2D eigenvalue weighted by molar-refractivity contribution is -0.384. The van der Waals surface area contributed by atoms with Crippen molar-refractivity contribution in [1.82, 2.24) is 4.98 Å². The average molecular weight is 278 g/mol. The van der Waals surface area contributed by atoms with Crippen LogP contribution in [0.2, 0.25) is 0 Å². The number of nitrogens with zero attached hydrogens (tertiary/aromatic N) is 2. The number of aromatic nitrogens is 1. The quantitative estimate of drug-likeness (QED) is 0.685. The second kappa shape index (κ2) is 5.24. The van der Waals surface area contributed by atoms with Gasteiger partial charge in [-0.1, -0.05) is 18.2 Å². The molecule has 0 spiro atoms. The highest BCUT2D eigenvalue weighted by molar-refractivity contribution is 6.29. The van der Waals surface area contributed by atoms with Crippen molar-refractivity contribution in [3.05, 3.63) is 51.7 Å². The second-order valence-corrected chi connectivity index (χ2v) is 4.68. The lowest BCUT2D eigenvalue weighted by atomic mass is 10.1. The molecule has 2 aromatic rings. The summed E-state index contributed by atoms with van der Waals surface area (Å²) in [6.45, 7) is 5.85. The molecule has 0 saturated heterocycles. The van der Waals surface area contributed by atoms with Crippen molar-refractivity contribution in [3.63, 3.8) is 0 Å². The average Bonchev–Trinajstić information content (AvgIpc) is 2.35. The van der Waals surface area contributed by atoms with E-state index in [0.29, 0.717) is 22.5 Å². The van der Waals surface area contributed by atoms with E-state index in [-0.39, 0.29) is 5.69 Å². The SMILES string of the molecule is C=C(Cl)CNc1cc(C)nc2ccc([N+](=O)[O-])cc12.